The van der Waals surface area contributed by atoms with E-state index in [1.54, 1.807) is 30.5 Å². The molecule has 0 aliphatic rings. The molecule has 0 bridgehead atoms. The summed E-state index contributed by atoms with van der Waals surface area (Å²) in [6.45, 7) is 0. The van der Waals surface area contributed by atoms with Crippen LogP contribution in [0, 0.1) is 0 Å². The Morgan fingerprint density at radius 2 is 1.64 bits per heavy atom. The summed E-state index contributed by atoms with van der Waals surface area (Å²) >= 11 is 6.07. The van der Waals surface area contributed by atoms with E-state index >= 15 is 0 Å². The number of rotatable bonds is 3. The average molecular weight is 309 g/mol. The van der Waals surface area contributed by atoms with Crippen LogP contribution in [-0.2, 0) is 0 Å². The number of hydrogen-bond acceptors (Lipinski definition) is 2. The van der Waals surface area contributed by atoms with E-state index in [2.05, 4.69) is 10.3 Å². The second kappa shape index (κ2) is 6.41. The minimum atomic E-state index is -0.242. The Bertz CT molecular complexity index is 803. The van der Waals surface area contributed by atoms with Crippen LogP contribution in [0.5, 0.6) is 0 Å². The Morgan fingerprint density at radius 1 is 0.909 bits per heavy atom. The van der Waals surface area contributed by atoms with Crippen LogP contribution >= 0.6 is 11.6 Å². The molecule has 1 aromatic heterocycles. The van der Waals surface area contributed by atoms with Crippen molar-refractivity contribution >= 4 is 23.2 Å². The Hall–Kier alpha value is -2.65. The summed E-state index contributed by atoms with van der Waals surface area (Å²) in [4.78, 5) is 16.7. The van der Waals surface area contributed by atoms with Gasteiger partial charge in [0.25, 0.3) is 5.91 Å². The monoisotopic (exact) mass is 308 g/mol. The summed E-state index contributed by atoms with van der Waals surface area (Å²) in [5.41, 5.74) is 2.81. The molecule has 108 valence electrons. The molecule has 0 saturated heterocycles. The predicted molar refractivity (Wildman–Crippen MR) is 89.1 cm³/mol. The third-order valence-corrected chi connectivity index (χ3v) is 3.56. The number of aromatic nitrogens is 1. The topological polar surface area (TPSA) is 42.0 Å². The molecule has 0 fully saturated rings. The van der Waals surface area contributed by atoms with E-state index in [9.17, 15) is 4.79 Å². The van der Waals surface area contributed by atoms with E-state index in [1.165, 1.54) is 0 Å². The van der Waals surface area contributed by atoms with E-state index in [-0.39, 0.29) is 5.91 Å². The molecule has 0 radical (unpaired) electrons. The lowest BCUT2D eigenvalue weighted by Crippen LogP contribution is -2.13. The Morgan fingerprint density at radius 3 is 2.41 bits per heavy atom. The van der Waals surface area contributed by atoms with Crippen molar-refractivity contribution < 1.29 is 4.79 Å². The number of carbonyl (C=O) groups excluding carboxylic acids is 1. The number of amides is 1. The van der Waals surface area contributed by atoms with Gasteiger partial charge in [-0.05, 0) is 30.3 Å². The van der Waals surface area contributed by atoms with Gasteiger partial charge in [0.15, 0.2) is 0 Å². The number of nitrogens with zero attached hydrogens (tertiary/aromatic N) is 1. The van der Waals surface area contributed by atoms with Gasteiger partial charge in [0.2, 0.25) is 0 Å². The highest BCUT2D eigenvalue weighted by molar-refractivity contribution is 6.34. The predicted octanol–water partition coefficient (Wildman–Crippen LogP) is 4.65. The molecule has 1 heterocycles. The SMILES string of the molecule is O=C(Nc1ccccc1-c1ccccn1)c1ccccc1Cl. The maximum absolute atomic E-state index is 12.4. The van der Waals surface area contributed by atoms with Crippen molar-refractivity contribution in [3.8, 4) is 11.3 Å². The maximum Gasteiger partial charge on any atom is 0.257 e. The van der Waals surface area contributed by atoms with Crippen LogP contribution in [0.1, 0.15) is 10.4 Å². The van der Waals surface area contributed by atoms with E-state index in [1.807, 2.05) is 42.5 Å². The van der Waals surface area contributed by atoms with Crippen LogP contribution in [0.3, 0.4) is 0 Å². The molecule has 0 saturated carbocycles. The number of halogens is 1. The molecule has 3 nitrogen and oxygen atoms in total. The summed E-state index contributed by atoms with van der Waals surface area (Å²) in [6, 6.07) is 20.2. The van der Waals surface area contributed by atoms with Crippen molar-refractivity contribution in [2.75, 3.05) is 5.32 Å². The highest BCUT2D eigenvalue weighted by atomic mass is 35.5. The molecule has 1 N–H and O–H groups in total. The first-order valence-corrected chi connectivity index (χ1v) is 7.20. The molecule has 0 aliphatic heterocycles. The zero-order chi connectivity index (χ0) is 15.4. The summed E-state index contributed by atoms with van der Waals surface area (Å²) in [6.07, 6.45) is 1.72. The molecule has 3 aromatic rings. The average Bonchev–Trinajstić information content (AvgIpc) is 2.56. The number of carbonyl (C=O) groups is 1. The molecule has 0 spiro atoms. The van der Waals surface area contributed by atoms with Crippen molar-refractivity contribution in [1.29, 1.82) is 0 Å². The molecule has 2 aromatic carbocycles. The van der Waals surface area contributed by atoms with Gasteiger partial charge in [-0.3, -0.25) is 9.78 Å². The van der Waals surface area contributed by atoms with Gasteiger partial charge in [0.05, 0.1) is 22.0 Å². The van der Waals surface area contributed by atoms with Gasteiger partial charge in [-0.25, -0.2) is 0 Å². The lowest BCUT2D eigenvalue weighted by Gasteiger charge is -2.11. The molecular weight excluding hydrogens is 296 g/mol. The highest BCUT2D eigenvalue weighted by Gasteiger charge is 2.12. The van der Waals surface area contributed by atoms with Crippen molar-refractivity contribution in [3.05, 3.63) is 83.5 Å². The molecule has 3 rings (SSSR count). The molecule has 0 atom stereocenters. The van der Waals surface area contributed by atoms with Crippen LogP contribution < -0.4 is 5.32 Å². The van der Waals surface area contributed by atoms with Crippen molar-refractivity contribution in [1.82, 2.24) is 4.98 Å². The van der Waals surface area contributed by atoms with Gasteiger partial charge in [0, 0.05) is 11.8 Å². The molecule has 0 unspecified atom stereocenters. The first-order valence-electron chi connectivity index (χ1n) is 6.82. The van der Waals surface area contributed by atoms with Crippen molar-refractivity contribution in [2.45, 2.75) is 0 Å². The fraction of sp³-hybridized carbons (Fsp3) is 0. The number of pyridine rings is 1. The minimum Gasteiger partial charge on any atom is -0.321 e. The number of hydrogen-bond donors (Lipinski definition) is 1. The molecule has 22 heavy (non-hydrogen) atoms. The molecule has 0 aliphatic carbocycles. The van der Waals surface area contributed by atoms with E-state index in [0.717, 1.165) is 11.3 Å². The Labute approximate surface area is 133 Å². The van der Waals surface area contributed by atoms with E-state index < -0.39 is 0 Å². The van der Waals surface area contributed by atoms with Crippen molar-refractivity contribution in [3.63, 3.8) is 0 Å². The number of benzene rings is 2. The largest absolute Gasteiger partial charge is 0.321 e. The first kappa shape index (κ1) is 14.3. The fourth-order valence-electron chi connectivity index (χ4n) is 2.17. The summed E-state index contributed by atoms with van der Waals surface area (Å²) in [7, 11) is 0. The molecule has 4 heteroatoms. The maximum atomic E-state index is 12.4. The quantitative estimate of drug-likeness (QED) is 0.765. The van der Waals surface area contributed by atoms with Crippen LogP contribution in [-0.4, -0.2) is 10.9 Å². The lowest BCUT2D eigenvalue weighted by molar-refractivity contribution is 0.102. The summed E-state index contributed by atoms with van der Waals surface area (Å²) in [5.74, 6) is -0.242. The standard InChI is InChI=1S/C18H13ClN2O/c19-15-9-3-1-7-13(15)18(22)21-17-11-4-2-8-14(17)16-10-5-6-12-20-16/h1-12H,(H,21,22). The number of nitrogens with one attached hydrogen (secondary N) is 1. The lowest BCUT2D eigenvalue weighted by atomic mass is 10.1. The second-order valence-electron chi connectivity index (χ2n) is 4.69. The first-order chi connectivity index (χ1) is 10.8. The highest BCUT2D eigenvalue weighted by Crippen LogP contribution is 2.27. The number of para-hydroxylation sites is 1. The van der Waals surface area contributed by atoms with E-state index in [4.69, 9.17) is 11.6 Å². The number of anilines is 1. The van der Waals surface area contributed by atoms with Crippen LogP contribution in [0.25, 0.3) is 11.3 Å². The Balaban J connectivity index is 1.94. The smallest absolute Gasteiger partial charge is 0.257 e. The zero-order valence-corrected chi connectivity index (χ0v) is 12.4. The van der Waals surface area contributed by atoms with Crippen LogP contribution in [0.4, 0.5) is 5.69 Å². The van der Waals surface area contributed by atoms with Gasteiger partial charge in [0.1, 0.15) is 0 Å². The van der Waals surface area contributed by atoms with Crippen LogP contribution in [0.15, 0.2) is 72.9 Å². The van der Waals surface area contributed by atoms with Gasteiger partial charge in [-0.2, -0.15) is 0 Å². The zero-order valence-electron chi connectivity index (χ0n) is 11.7. The Kier molecular flexibility index (Phi) is 4.17. The third kappa shape index (κ3) is 3.00. The van der Waals surface area contributed by atoms with Gasteiger partial charge < -0.3 is 5.32 Å². The molecule has 1 amide bonds. The fourth-order valence-corrected chi connectivity index (χ4v) is 2.39. The van der Waals surface area contributed by atoms with E-state index in [0.29, 0.717) is 16.3 Å². The second-order valence-corrected chi connectivity index (χ2v) is 5.10. The van der Waals surface area contributed by atoms with Gasteiger partial charge >= 0.3 is 0 Å². The molecular formula is C18H13ClN2O. The van der Waals surface area contributed by atoms with Crippen molar-refractivity contribution in [2.24, 2.45) is 0 Å². The summed E-state index contributed by atoms with van der Waals surface area (Å²) < 4.78 is 0. The van der Waals surface area contributed by atoms with Gasteiger partial charge in [-0.15, -0.1) is 0 Å². The third-order valence-electron chi connectivity index (χ3n) is 3.23. The normalized spacial score (nSPS) is 10.2. The minimum absolute atomic E-state index is 0.242. The summed E-state index contributed by atoms with van der Waals surface area (Å²) in [5, 5.41) is 3.33. The van der Waals surface area contributed by atoms with Gasteiger partial charge in [-0.1, -0.05) is 48.0 Å². The van der Waals surface area contributed by atoms with Crippen LogP contribution in [0.2, 0.25) is 5.02 Å².